The lowest BCUT2D eigenvalue weighted by Crippen LogP contribution is -2.25. The predicted octanol–water partition coefficient (Wildman–Crippen LogP) is 5.03. The van der Waals surface area contributed by atoms with Gasteiger partial charge >= 0.3 is 6.09 Å². The van der Waals surface area contributed by atoms with Gasteiger partial charge in [-0.1, -0.05) is 23.7 Å². The molecule has 154 valence electrons. The molecule has 5 nitrogen and oxygen atoms in total. The van der Waals surface area contributed by atoms with E-state index >= 15 is 0 Å². The van der Waals surface area contributed by atoms with E-state index in [1.165, 1.54) is 17.0 Å². The van der Waals surface area contributed by atoms with E-state index in [2.05, 4.69) is 4.90 Å². The molecule has 0 spiro atoms. The Morgan fingerprint density at radius 2 is 1.68 bits per heavy atom. The Morgan fingerprint density at radius 3 is 2.21 bits per heavy atom. The zero-order valence-electron chi connectivity index (χ0n) is 16.3. The quantitative estimate of drug-likeness (QED) is 0.617. The molecule has 0 aromatic heterocycles. The van der Waals surface area contributed by atoms with Crippen LogP contribution in [0.3, 0.4) is 0 Å². The Kier molecular flexibility index (Phi) is 9.52. The van der Waals surface area contributed by atoms with Crippen molar-refractivity contribution in [1.82, 2.24) is 9.80 Å². The van der Waals surface area contributed by atoms with Crippen LogP contribution in [0.15, 0.2) is 42.5 Å². The van der Waals surface area contributed by atoms with E-state index in [1.54, 1.807) is 32.3 Å². The summed E-state index contributed by atoms with van der Waals surface area (Å²) in [5.41, 5.74) is 1.07. The maximum absolute atomic E-state index is 13.5. The molecule has 0 saturated heterocycles. The molecule has 0 saturated carbocycles. The Labute approximate surface area is 176 Å². The van der Waals surface area contributed by atoms with Crippen LogP contribution in [0, 0.1) is 5.82 Å². The number of amides is 1. The number of rotatable bonds is 7. The molecule has 8 heteroatoms. The minimum Gasteiger partial charge on any atom is -0.493 e. The molecule has 28 heavy (non-hydrogen) atoms. The second kappa shape index (κ2) is 11.1. The molecule has 0 fully saturated rings. The first-order valence-electron chi connectivity index (χ1n) is 8.51. The van der Waals surface area contributed by atoms with Crippen LogP contribution in [0.4, 0.5) is 9.18 Å². The molecule has 2 aromatic carbocycles. The van der Waals surface area contributed by atoms with Crippen molar-refractivity contribution in [2.24, 2.45) is 0 Å². The SMILES string of the molecule is CN(C)C(=O)Oc1ccc(C(CCOc2ccc(Cl)c(F)c2)N(C)C)cc1.Cl. The lowest BCUT2D eigenvalue weighted by molar-refractivity contribution is 0.172. The summed E-state index contributed by atoms with van der Waals surface area (Å²) in [6.45, 7) is 0.418. The fraction of sp³-hybridized carbons (Fsp3) is 0.350. The lowest BCUT2D eigenvalue weighted by atomic mass is 10.0. The van der Waals surface area contributed by atoms with Crippen LogP contribution in [-0.2, 0) is 0 Å². The van der Waals surface area contributed by atoms with Crippen molar-refractivity contribution in [3.63, 3.8) is 0 Å². The van der Waals surface area contributed by atoms with Crippen molar-refractivity contribution in [3.8, 4) is 11.5 Å². The summed E-state index contributed by atoms with van der Waals surface area (Å²) in [7, 11) is 7.22. The van der Waals surface area contributed by atoms with Crippen molar-refractivity contribution in [3.05, 3.63) is 58.9 Å². The molecule has 2 aromatic rings. The second-order valence-electron chi connectivity index (χ2n) is 6.52. The monoisotopic (exact) mass is 430 g/mol. The van der Waals surface area contributed by atoms with Crippen LogP contribution >= 0.6 is 24.0 Å². The van der Waals surface area contributed by atoms with Crippen molar-refractivity contribution >= 4 is 30.1 Å². The maximum Gasteiger partial charge on any atom is 0.414 e. The molecule has 0 aliphatic carbocycles. The third-order valence-electron chi connectivity index (χ3n) is 4.01. The van der Waals surface area contributed by atoms with Gasteiger partial charge in [-0.25, -0.2) is 9.18 Å². The molecule has 1 amide bonds. The van der Waals surface area contributed by atoms with E-state index in [1.807, 2.05) is 26.2 Å². The van der Waals surface area contributed by atoms with Crippen molar-refractivity contribution < 1.29 is 18.7 Å². The van der Waals surface area contributed by atoms with Crippen LogP contribution in [0.25, 0.3) is 0 Å². The van der Waals surface area contributed by atoms with Gasteiger partial charge < -0.3 is 19.3 Å². The number of halogens is 3. The van der Waals surface area contributed by atoms with Gasteiger partial charge in [0.2, 0.25) is 0 Å². The maximum atomic E-state index is 13.5. The first kappa shape index (κ1) is 24.0. The Morgan fingerprint density at radius 1 is 1.07 bits per heavy atom. The zero-order chi connectivity index (χ0) is 20.0. The minimum absolute atomic E-state index is 0. The van der Waals surface area contributed by atoms with Crippen LogP contribution in [0.5, 0.6) is 11.5 Å². The van der Waals surface area contributed by atoms with E-state index in [0.29, 0.717) is 24.5 Å². The number of benzene rings is 2. The highest BCUT2D eigenvalue weighted by Gasteiger charge is 2.15. The van der Waals surface area contributed by atoms with Crippen molar-refractivity contribution in [2.45, 2.75) is 12.5 Å². The number of nitrogens with zero attached hydrogens (tertiary/aromatic N) is 2. The van der Waals surface area contributed by atoms with Crippen LogP contribution in [0.1, 0.15) is 18.0 Å². The van der Waals surface area contributed by atoms with Gasteiger partial charge in [0.05, 0.1) is 11.6 Å². The summed E-state index contributed by atoms with van der Waals surface area (Å²) in [5.74, 6) is 0.435. The molecule has 0 aliphatic rings. The second-order valence-corrected chi connectivity index (χ2v) is 6.93. The van der Waals surface area contributed by atoms with E-state index in [0.717, 1.165) is 5.56 Å². The van der Waals surface area contributed by atoms with Crippen LogP contribution in [-0.4, -0.2) is 50.7 Å². The van der Waals surface area contributed by atoms with Gasteiger partial charge in [0.15, 0.2) is 0 Å². The summed E-state index contributed by atoms with van der Waals surface area (Å²) in [4.78, 5) is 15.0. The molecule has 0 radical (unpaired) electrons. The first-order valence-corrected chi connectivity index (χ1v) is 8.89. The number of carbonyl (C=O) groups is 1. The topological polar surface area (TPSA) is 42.0 Å². The summed E-state index contributed by atoms with van der Waals surface area (Å²) in [5, 5.41) is 0.0728. The molecule has 2 rings (SSSR count). The predicted molar refractivity (Wildman–Crippen MR) is 111 cm³/mol. The zero-order valence-corrected chi connectivity index (χ0v) is 17.9. The molecule has 1 atom stereocenters. The van der Waals surface area contributed by atoms with Crippen molar-refractivity contribution in [1.29, 1.82) is 0 Å². The highest BCUT2D eigenvalue weighted by Crippen LogP contribution is 2.26. The summed E-state index contributed by atoms with van der Waals surface area (Å²) in [6.07, 6.45) is 0.282. The van der Waals surface area contributed by atoms with E-state index in [9.17, 15) is 9.18 Å². The number of hydrogen-bond acceptors (Lipinski definition) is 4. The van der Waals surface area contributed by atoms with Gasteiger partial charge in [0, 0.05) is 32.6 Å². The lowest BCUT2D eigenvalue weighted by Gasteiger charge is -2.25. The molecular weight excluding hydrogens is 406 g/mol. The van der Waals surface area contributed by atoms with E-state index < -0.39 is 11.9 Å². The first-order chi connectivity index (χ1) is 12.8. The Bertz CT molecular complexity index is 771. The standard InChI is InChI=1S/C20H24ClFN2O3.ClH/c1-23(2)19(11-12-26-16-9-10-17(21)18(22)13-16)14-5-7-15(8-6-14)27-20(25)24(3)4;/h5-10,13,19H,11-12H2,1-4H3;1H. The molecule has 1 unspecified atom stereocenters. The van der Waals surface area contributed by atoms with Crippen LogP contribution < -0.4 is 9.47 Å². The third kappa shape index (κ3) is 6.86. The van der Waals surface area contributed by atoms with Gasteiger partial charge in [0.1, 0.15) is 17.3 Å². The van der Waals surface area contributed by atoms with Gasteiger partial charge in [-0.2, -0.15) is 0 Å². The Balaban J connectivity index is 0.00000392. The van der Waals surface area contributed by atoms with E-state index in [4.69, 9.17) is 21.1 Å². The number of carbonyl (C=O) groups excluding carboxylic acids is 1. The highest BCUT2D eigenvalue weighted by atomic mass is 35.5. The fourth-order valence-electron chi connectivity index (χ4n) is 2.53. The van der Waals surface area contributed by atoms with Gasteiger partial charge in [0.25, 0.3) is 0 Å². The summed E-state index contributed by atoms with van der Waals surface area (Å²) >= 11 is 5.68. The summed E-state index contributed by atoms with van der Waals surface area (Å²) in [6, 6.07) is 11.9. The molecule has 0 bridgehead atoms. The minimum atomic E-state index is -0.499. The molecular formula is C20H25Cl2FN2O3. The van der Waals surface area contributed by atoms with Gasteiger partial charge in [-0.3, -0.25) is 0 Å². The molecule has 0 N–H and O–H groups in total. The Hall–Kier alpha value is -2.02. The van der Waals surface area contributed by atoms with Crippen LogP contribution in [0.2, 0.25) is 5.02 Å². The smallest absolute Gasteiger partial charge is 0.414 e. The normalized spacial score (nSPS) is 11.5. The van der Waals surface area contributed by atoms with Gasteiger partial charge in [-0.05, 0) is 43.9 Å². The number of hydrogen-bond donors (Lipinski definition) is 0. The number of ether oxygens (including phenoxy) is 2. The average Bonchev–Trinajstić information content (AvgIpc) is 2.62. The fourth-order valence-corrected chi connectivity index (χ4v) is 2.65. The summed E-state index contributed by atoms with van der Waals surface area (Å²) < 4.78 is 24.4. The molecule has 0 aliphatic heterocycles. The van der Waals surface area contributed by atoms with Gasteiger partial charge in [-0.15, -0.1) is 12.4 Å². The van der Waals surface area contributed by atoms with E-state index in [-0.39, 0.29) is 23.5 Å². The average molecular weight is 431 g/mol. The largest absolute Gasteiger partial charge is 0.493 e. The highest BCUT2D eigenvalue weighted by molar-refractivity contribution is 6.30. The molecule has 0 heterocycles. The van der Waals surface area contributed by atoms with Crippen molar-refractivity contribution in [2.75, 3.05) is 34.8 Å². The third-order valence-corrected chi connectivity index (χ3v) is 4.32.